The molecule has 0 heterocycles. The SMILES string of the molecule is [CH2]Cc1ccccc1OCC(C)C. The maximum absolute atomic E-state index is 5.65. The number of benzene rings is 1. The van der Waals surface area contributed by atoms with E-state index < -0.39 is 0 Å². The molecule has 0 aliphatic heterocycles. The topological polar surface area (TPSA) is 9.23 Å². The van der Waals surface area contributed by atoms with Gasteiger partial charge >= 0.3 is 0 Å². The molecular weight excluding hydrogens is 160 g/mol. The van der Waals surface area contributed by atoms with Gasteiger partial charge in [0, 0.05) is 0 Å². The van der Waals surface area contributed by atoms with Crippen LogP contribution in [0.15, 0.2) is 24.3 Å². The molecule has 1 aromatic rings. The molecule has 1 nitrogen and oxygen atoms in total. The van der Waals surface area contributed by atoms with E-state index in [4.69, 9.17) is 4.74 Å². The Hall–Kier alpha value is -0.980. The summed E-state index contributed by atoms with van der Waals surface area (Å²) in [5.74, 6) is 1.55. The Morgan fingerprint density at radius 1 is 1.31 bits per heavy atom. The van der Waals surface area contributed by atoms with Crippen molar-refractivity contribution in [3.8, 4) is 5.75 Å². The largest absolute Gasteiger partial charge is 0.493 e. The highest BCUT2D eigenvalue weighted by atomic mass is 16.5. The highest BCUT2D eigenvalue weighted by Gasteiger charge is 2.01. The van der Waals surface area contributed by atoms with E-state index in [1.54, 1.807) is 0 Å². The zero-order valence-electron chi connectivity index (χ0n) is 8.42. The van der Waals surface area contributed by atoms with Crippen molar-refractivity contribution in [2.75, 3.05) is 6.61 Å². The van der Waals surface area contributed by atoms with Crippen LogP contribution in [0, 0.1) is 12.8 Å². The zero-order chi connectivity index (χ0) is 9.68. The quantitative estimate of drug-likeness (QED) is 0.686. The van der Waals surface area contributed by atoms with E-state index in [2.05, 4.69) is 26.8 Å². The van der Waals surface area contributed by atoms with E-state index in [-0.39, 0.29) is 0 Å². The van der Waals surface area contributed by atoms with Gasteiger partial charge in [0.2, 0.25) is 0 Å². The number of hydrogen-bond acceptors (Lipinski definition) is 1. The van der Waals surface area contributed by atoms with Crippen LogP contribution in [0.3, 0.4) is 0 Å². The van der Waals surface area contributed by atoms with Gasteiger partial charge in [-0.2, -0.15) is 0 Å². The van der Waals surface area contributed by atoms with Crippen LogP contribution in [0.25, 0.3) is 0 Å². The molecule has 1 aromatic carbocycles. The van der Waals surface area contributed by atoms with E-state index >= 15 is 0 Å². The smallest absolute Gasteiger partial charge is 0.122 e. The molecule has 0 unspecified atom stereocenters. The average molecular weight is 177 g/mol. The van der Waals surface area contributed by atoms with Crippen LogP contribution in [-0.2, 0) is 6.42 Å². The highest BCUT2D eigenvalue weighted by Crippen LogP contribution is 2.18. The summed E-state index contributed by atoms with van der Waals surface area (Å²) in [6.45, 7) is 8.93. The maximum atomic E-state index is 5.65. The molecule has 0 bridgehead atoms. The highest BCUT2D eigenvalue weighted by molar-refractivity contribution is 5.33. The molecule has 1 heteroatoms. The summed E-state index contributed by atoms with van der Waals surface area (Å²) in [6, 6.07) is 8.07. The van der Waals surface area contributed by atoms with E-state index in [1.165, 1.54) is 5.56 Å². The minimum Gasteiger partial charge on any atom is -0.493 e. The van der Waals surface area contributed by atoms with Gasteiger partial charge in [-0.1, -0.05) is 32.0 Å². The molecule has 1 rings (SSSR count). The minimum absolute atomic E-state index is 0.567. The molecule has 0 aromatic heterocycles. The normalized spacial score (nSPS) is 10.5. The zero-order valence-corrected chi connectivity index (χ0v) is 8.42. The Bertz CT molecular complexity index is 253. The Balaban J connectivity index is 2.64. The molecule has 0 aliphatic rings. The summed E-state index contributed by atoms with van der Waals surface area (Å²) in [5.41, 5.74) is 1.18. The summed E-state index contributed by atoms with van der Waals surface area (Å²) < 4.78 is 5.65. The first-order valence-electron chi connectivity index (χ1n) is 4.74. The Labute approximate surface area is 80.7 Å². The van der Waals surface area contributed by atoms with Crippen molar-refractivity contribution in [2.24, 2.45) is 5.92 Å². The van der Waals surface area contributed by atoms with Gasteiger partial charge in [0.05, 0.1) is 6.61 Å². The Morgan fingerprint density at radius 3 is 2.62 bits per heavy atom. The summed E-state index contributed by atoms with van der Waals surface area (Å²) in [4.78, 5) is 0. The first-order chi connectivity index (χ1) is 6.24. The summed E-state index contributed by atoms with van der Waals surface area (Å²) in [6.07, 6.45) is 0.786. The molecule has 0 amide bonds. The first kappa shape index (κ1) is 10.1. The molecular formula is C12H17O. The molecule has 0 atom stereocenters. The summed E-state index contributed by atoms with van der Waals surface area (Å²) in [7, 11) is 0. The van der Waals surface area contributed by atoms with Crippen molar-refractivity contribution in [1.82, 2.24) is 0 Å². The third-order valence-corrected chi connectivity index (χ3v) is 1.81. The van der Waals surface area contributed by atoms with Crippen molar-refractivity contribution in [3.05, 3.63) is 36.8 Å². The number of rotatable bonds is 4. The van der Waals surface area contributed by atoms with Gasteiger partial charge in [-0.25, -0.2) is 0 Å². The van der Waals surface area contributed by atoms with Crippen LogP contribution in [0.1, 0.15) is 19.4 Å². The third-order valence-electron chi connectivity index (χ3n) is 1.81. The van der Waals surface area contributed by atoms with Gasteiger partial charge < -0.3 is 4.74 Å². The molecule has 0 saturated carbocycles. The molecule has 13 heavy (non-hydrogen) atoms. The second kappa shape index (κ2) is 4.90. The standard InChI is InChI=1S/C12H17O/c1-4-11-7-5-6-8-12(11)13-9-10(2)3/h5-8,10H,1,4,9H2,2-3H3. The molecule has 0 N–H and O–H groups in total. The van der Waals surface area contributed by atoms with Crippen molar-refractivity contribution in [3.63, 3.8) is 0 Å². The van der Waals surface area contributed by atoms with Crippen molar-refractivity contribution < 1.29 is 4.74 Å². The number of hydrogen-bond donors (Lipinski definition) is 0. The lowest BCUT2D eigenvalue weighted by atomic mass is 10.1. The van der Waals surface area contributed by atoms with Crippen LogP contribution in [0.5, 0.6) is 5.75 Å². The number of para-hydroxylation sites is 1. The van der Waals surface area contributed by atoms with Gasteiger partial charge in [-0.05, 0) is 30.9 Å². The van der Waals surface area contributed by atoms with E-state index in [1.807, 2.05) is 18.2 Å². The van der Waals surface area contributed by atoms with Crippen LogP contribution in [0.2, 0.25) is 0 Å². The summed E-state index contributed by atoms with van der Waals surface area (Å²) in [5, 5.41) is 0. The average Bonchev–Trinajstić information content (AvgIpc) is 2.15. The van der Waals surface area contributed by atoms with E-state index in [0.29, 0.717) is 5.92 Å². The van der Waals surface area contributed by atoms with Crippen LogP contribution in [0.4, 0.5) is 0 Å². The summed E-state index contributed by atoms with van der Waals surface area (Å²) >= 11 is 0. The van der Waals surface area contributed by atoms with Gasteiger partial charge in [0.25, 0.3) is 0 Å². The lowest BCUT2D eigenvalue weighted by Gasteiger charge is -2.11. The van der Waals surface area contributed by atoms with Gasteiger partial charge in [0.1, 0.15) is 5.75 Å². The lowest BCUT2D eigenvalue weighted by molar-refractivity contribution is 0.269. The maximum Gasteiger partial charge on any atom is 0.122 e. The monoisotopic (exact) mass is 177 g/mol. The van der Waals surface area contributed by atoms with Crippen molar-refractivity contribution in [2.45, 2.75) is 20.3 Å². The Kier molecular flexibility index (Phi) is 3.81. The molecule has 71 valence electrons. The first-order valence-corrected chi connectivity index (χ1v) is 4.74. The minimum atomic E-state index is 0.567. The fraction of sp³-hybridized carbons (Fsp3) is 0.417. The molecule has 0 fully saturated rings. The lowest BCUT2D eigenvalue weighted by Crippen LogP contribution is -2.05. The Morgan fingerprint density at radius 2 is 2.00 bits per heavy atom. The van der Waals surface area contributed by atoms with Crippen LogP contribution >= 0.6 is 0 Å². The van der Waals surface area contributed by atoms with Crippen LogP contribution < -0.4 is 4.74 Å². The fourth-order valence-corrected chi connectivity index (χ4v) is 1.11. The molecule has 0 spiro atoms. The van der Waals surface area contributed by atoms with Crippen molar-refractivity contribution >= 4 is 0 Å². The van der Waals surface area contributed by atoms with Gasteiger partial charge in [0.15, 0.2) is 0 Å². The predicted octanol–water partition coefficient (Wildman–Crippen LogP) is 3.10. The van der Waals surface area contributed by atoms with E-state index in [9.17, 15) is 0 Å². The second-order valence-electron chi connectivity index (χ2n) is 3.56. The van der Waals surface area contributed by atoms with Crippen LogP contribution in [-0.4, -0.2) is 6.61 Å². The fourth-order valence-electron chi connectivity index (χ4n) is 1.11. The van der Waals surface area contributed by atoms with Crippen molar-refractivity contribution in [1.29, 1.82) is 0 Å². The molecule has 0 saturated heterocycles. The molecule has 1 radical (unpaired) electrons. The van der Waals surface area contributed by atoms with Gasteiger partial charge in [-0.3, -0.25) is 0 Å². The second-order valence-corrected chi connectivity index (χ2v) is 3.56. The van der Waals surface area contributed by atoms with Gasteiger partial charge in [-0.15, -0.1) is 0 Å². The molecule has 0 aliphatic carbocycles. The number of ether oxygens (including phenoxy) is 1. The predicted molar refractivity (Wildman–Crippen MR) is 55.8 cm³/mol. The third kappa shape index (κ3) is 3.10. The van der Waals surface area contributed by atoms with E-state index in [0.717, 1.165) is 18.8 Å².